The molecule has 1 aliphatic carbocycles. The van der Waals surface area contributed by atoms with Gasteiger partial charge in [-0.3, -0.25) is 4.98 Å². The van der Waals surface area contributed by atoms with E-state index >= 15 is 0 Å². The number of rotatable bonds is 5. The van der Waals surface area contributed by atoms with Crippen LogP contribution in [0, 0.1) is 0 Å². The maximum absolute atomic E-state index is 4.83. The fourth-order valence-electron chi connectivity index (χ4n) is 4.30. The Labute approximate surface area is 194 Å². The Hall–Kier alpha value is -0.840. The third kappa shape index (κ3) is 6.57. The van der Waals surface area contributed by atoms with Crippen molar-refractivity contribution in [3.05, 3.63) is 53.9 Å². The smallest absolute Gasteiger partial charge is 0.0435 e. The van der Waals surface area contributed by atoms with E-state index in [9.17, 15) is 0 Å². The average Bonchev–Trinajstić information content (AvgIpc) is 2.61. The van der Waals surface area contributed by atoms with Crippen LogP contribution in [0.4, 0.5) is 0 Å². The molecule has 0 bridgehead atoms. The monoisotopic (exact) mass is 457 g/mol. The predicted octanol–water partition coefficient (Wildman–Crippen LogP) is 5.81. The highest BCUT2D eigenvalue weighted by Gasteiger charge is 2.29. The summed E-state index contributed by atoms with van der Waals surface area (Å²) in [5, 5.41) is 0. The fraction of sp³-hybridized carbons (Fsp3) is 0.522. The third-order valence-corrected chi connectivity index (χ3v) is 6.11. The molecule has 4 rings (SSSR count). The zero-order valence-corrected chi connectivity index (χ0v) is 19.9. The van der Waals surface area contributed by atoms with Crippen LogP contribution in [0.5, 0.6) is 0 Å². The number of benzene rings is 1. The quantitative estimate of drug-likeness (QED) is 0.564. The van der Waals surface area contributed by atoms with Gasteiger partial charge in [0.15, 0.2) is 0 Å². The van der Waals surface area contributed by atoms with Crippen molar-refractivity contribution in [3.8, 4) is 11.1 Å². The zero-order chi connectivity index (χ0) is 17.9. The van der Waals surface area contributed by atoms with Crippen molar-refractivity contribution >= 4 is 37.2 Å². The summed E-state index contributed by atoms with van der Waals surface area (Å²) in [6.45, 7) is 3.50. The van der Waals surface area contributed by atoms with Crippen LogP contribution in [0.25, 0.3) is 11.1 Å². The van der Waals surface area contributed by atoms with Crippen molar-refractivity contribution in [2.45, 2.75) is 50.6 Å². The van der Waals surface area contributed by atoms with E-state index in [2.05, 4.69) is 66.5 Å². The maximum Gasteiger partial charge on any atom is 0.0435 e. The van der Waals surface area contributed by atoms with Crippen LogP contribution >= 0.6 is 37.2 Å². The maximum atomic E-state index is 4.83. The Balaban J connectivity index is 0.00000140. The molecule has 2 aliphatic rings. The van der Waals surface area contributed by atoms with E-state index in [1.54, 1.807) is 0 Å². The van der Waals surface area contributed by atoms with Crippen LogP contribution in [0.3, 0.4) is 0 Å². The van der Waals surface area contributed by atoms with E-state index in [0.717, 1.165) is 12.6 Å². The summed E-state index contributed by atoms with van der Waals surface area (Å²) in [5.74, 6) is 0.642. The molecule has 1 aliphatic heterocycles. The highest BCUT2D eigenvalue weighted by atomic mass is 35.5. The van der Waals surface area contributed by atoms with Gasteiger partial charge in [0.05, 0.1) is 0 Å². The van der Waals surface area contributed by atoms with Crippen LogP contribution in [-0.2, 0) is 6.54 Å². The molecule has 2 aromatic rings. The molecule has 1 aromatic heterocycles. The number of likely N-dealkylation sites (tertiary alicyclic amines) is 1. The molecule has 1 aromatic carbocycles. The summed E-state index contributed by atoms with van der Waals surface area (Å²) in [4.78, 5) is 9.73. The van der Waals surface area contributed by atoms with Gasteiger partial charge in [-0.2, -0.15) is 0 Å². The number of hydrogen-bond donors (Lipinski definition) is 0. The Morgan fingerprint density at radius 1 is 0.862 bits per heavy atom. The van der Waals surface area contributed by atoms with Gasteiger partial charge < -0.3 is 9.80 Å². The van der Waals surface area contributed by atoms with Crippen molar-refractivity contribution in [2.24, 2.45) is 0 Å². The standard InChI is InChI=1S/C23H31N3.3ClH/c1-25(2)17-18-6-8-19(9-7-18)21-10-11-23(24-16-21)20-12-14-26(15-13-20)22-4-3-5-22;;;/h6-11,16,20,22H,3-5,12-15,17H2,1-2H3;3*1H. The molecular weight excluding hydrogens is 425 g/mol. The molecule has 29 heavy (non-hydrogen) atoms. The van der Waals surface area contributed by atoms with Crippen LogP contribution in [0.15, 0.2) is 42.6 Å². The predicted molar refractivity (Wildman–Crippen MR) is 130 cm³/mol. The number of piperidine rings is 1. The van der Waals surface area contributed by atoms with Crippen molar-refractivity contribution in [1.82, 2.24) is 14.8 Å². The molecule has 0 N–H and O–H groups in total. The van der Waals surface area contributed by atoms with Crippen LogP contribution in [-0.4, -0.2) is 48.0 Å². The fourth-order valence-corrected chi connectivity index (χ4v) is 4.30. The zero-order valence-electron chi connectivity index (χ0n) is 17.4. The van der Waals surface area contributed by atoms with Crippen LogP contribution < -0.4 is 0 Å². The minimum absolute atomic E-state index is 0. The average molecular weight is 459 g/mol. The lowest BCUT2D eigenvalue weighted by molar-refractivity contribution is 0.0970. The number of nitrogens with zero attached hydrogens (tertiary/aromatic N) is 3. The molecule has 0 radical (unpaired) electrons. The Morgan fingerprint density at radius 3 is 1.97 bits per heavy atom. The van der Waals surface area contributed by atoms with Gasteiger partial charge in [0.1, 0.15) is 0 Å². The van der Waals surface area contributed by atoms with Gasteiger partial charge in [-0.05, 0) is 70.1 Å². The summed E-state index contributed by atoms with van der Waals surface area (Å²) >= 11 is 0. The van der Waals surface area contributed by atoms with Gasteiger partial charge in [0.2, 0.25) is 0 Å². The summed E-state index contributed by atoms with van der Waals surface area (Å²) in [6.07, 6.45) is 8.87. The third-order valence-electron chi connectivity index (χ3n) is 6.11. The molecule has 6 heteroatoms. The minimum atomic E-state index is 0. The normalized spacial score (nSPS) is 17.6. The molecule has 1 saturated carbocycles. The Bertz CT molecular complexity index is 707. The largest absolute Gasteiger partial charge is 0.305 e. The van der Waals surface area contributed by atoms with Gasteiger partial charge >= 0.3 is 0 Å². The SMILES string of the molecule is CN(C)Cc1ccc(-c2ccc(C3CCN(C4CCC4)CC3)nc2)cc1.Cl.Cl.Cl. The van der Waals surface area contributed by atoms with E-state index < -0.39 is 0 Å². The molecule has 1 saturated heterocycles. The summed E-state index contributed by atoms with van der Waals surface area (Å²) in [6, 6.07) is 14.3. The molecule has 0 unspecified atom stereocenters. The Kier molecular flexibility index (Phi) is 10.9. The van der Waals surface area contributed by atoms with E-state index in [-0.39, 0.29) is 37.2 Å². The van der Waals surface area contributed by atoms with E-state index in [1.165, 1.54) is 67.6 Å². The molecule has 3 nitrogen and oxygen atoms in total. The van der Waals surface area contributed by atoms with Crippen molar-refractivity contribution in [2.75, 3.05) is 27.2 Å². The van der Waals surface area contributed by atoms with Gasteiger partial charge in [-0.1, -0.05) is 36.8 Å². The molecule has 162 valence electrons. The van der Waals surface area contributed by atoms with E-state index in [1.807, 2.05) is 0 Å². The lowest BCUT2D eigenvalue weighted by atomic mass is 9.86. The number of halogens is 3. The van der Waals surface area contributed by atoms with Gasteiger partial charge in [0.25, 0.3) is 0 Å². The first-order valence-corrected chi connectivity index (χ1v) is 10.1. The van der Waals surface area contributed by atoms with Crippen molar-refractivity contribution < 1.29 is 0 Å². The second kappa shape index (κ2) is 12.1. The molecule has 0 atom stereocenters. The molecule has 0 amide bonds. The number of aromatic nitrogens is 1. The Morgan fingerprint density at radius 2 is 1.48 bits per heavy atom. The molecule has 2 fully saturated rings. The number of hydrogen-bond acceptors (Lipinski definition) is 3. The molecular formula is C23H34Cl3N3. The lowest BCUT2D eigenvalue weighted by Crippen LogP contribution is -2.44. The first-order valence-electron chi connectivity index (χ1n) is 10.1. The highest BCUT2D eigenvalue weighted by Crippen LogP contribution is 2.33. The van der Waals surface area contributed by atoms with Crippen molar-refractivity contribution in [1.29, 1.82) is 0 Å². The molecule has 0 spiro atoms. The van der Waals surface area contributed by atoms with Gasteiger partial charge in [-0.15, -0.1) is 37.2 Å². The summed E-state index contributed by atoms with van der Waals surface area (Å²) < 4.78 is 0. The van der Waals surface area contributed by atoms with Crippen LogP contribution in [0.1, 0.15) is 49.3 Å². The highest BCUT2D eigenvalue weighted by molar-refractivity contribution is 5.86. The van der Waals surface area contributed by atoms with E-state index in [4.69, 9.17) is 4.98 Å². The van der Waals surface area contributed by atoms with Gasteiger partial charge in [0, 0.05) is 36.0 Å². The van der Waals surface area contributed by atoms with Crippen molar-refractivity contribution in [3.63, 3.8) is 0 Å². The first-order chi connectivity index (χ1) is 12.7. The lowest BCUT2D eigenvalue weighted by Gasteiger charge is -2.41. The second-order valence-corrected chi connectivity index (χ2v) is 8.30. The minimum Gasteiger partial charge on any atom is -0.305 e. The second-order valence-electron chi connectivity index (χ2n) is 8.30. The summed E-state index contributed by atoms with van der Waals surface area (Å²) in [7, 11) is 4.21. The first kappa shape index (κ1) is 26.2. The van der Waals surface area contributed by atoms with Crippen LogP contribution in [0.2, 0.25) is 0 Å². The van der Waals surface area contributed by atoms with E-state index in [0.29, 0.717) is 5.92 Å². The van der Waals surface area contributed by atoms with Gasteiger partial charge in [-0.25, -0.2) is 0 Å². The number of pyridine rings is 1. The topological polar surface area (TPSA) is 19.4 Å². The summed E-state index contributed by atoms with van der Waals surface area (Å²) in [5.41, 5.74) is 5.11. The molecule has 2 heterocycles.